The fourth-order valence-electron chi connectivity index (χ4n) is 6.18. The van der Waals surface area contributed by atoms with Crippen LogP contribution in [0.5, 0.6) is 0 Å². The number of anilines is 1. The SMILES string of the molecule is CCN(CC(=O)N1C[C@H](C)N(c2ccc3[nH]c(-c4cn5ncnc5c(C)c4C)c(C(C)C)c3n2)C[C@H]1C)C(C)C. The lowest BCUT2D eigenvalue weighted by Gasteiger charge is -2.45. The van der Waals surface area contributed by atoms with Crippen molar-refractivity contribution in [3.8, 4) is 11.3 Å². The topological polar surface area (TPSA) is 85.7 Å². The number of aromatic amines is 1. The number of aryl methyl sites for hydroxylation is 1. The van der Waals surface area contributed by atoms with Crippen molar-refractivity contribution in [1.82, 2.24) is 34.4 Å². The molecule has 0 aromatic carbocycles. The van der Waals surface area contributed by atoms with Crippen molar-refractivity contribution in [3.05, 3.63) is 41.3 Å². The van der Waals surface area contributed by atoms with E-state index in [1.54, 1.807) is 6.33 Å². The number of piperazine rings is 1. The molecule has 5 heterocycles. The molecule has 1 fully saturated rings. The first-order chi connectivity index (χ1) is 19.0. The summed E-state index contributed by atoms with van der Waals surface area (Å²) in [7, 11) is 0. The number of pyridine rings is 2. The van der Waals surface area contributed by atoms with Crippen molar-refractivity contribution < 1.29 is 4.79 Å². The summed E-state index contributed by atoms with van der Waals surface area (Å²) >= 11 is 0. The summed E-state index contributed by atoms with van der Waals surface area (Å²) in [4.78, 5) is 33.3. The van der Waals surface area contributed by atoms with Gasteiger partial charge in [0.15, 0.2) is 5.65 Å². The van der Waals surface area contributed by atoms with Gasteiger partial charge in [-0.25, -0.2) is 14.5 Å². The van der Waals surface area contributed by atoms with E-state index in [1.807, 2.05) is 4.52 Å². The Morgan fingerprint density at radius 2 is 1.85 bits per heavy atom. The number of likely N-dealkylation sites (N-methyl/N-ethyl adjacent to an activating group) is 1. The van der Waals surface area contributed by atoms with E-state index in [4.69, 9.17) is 4.98 Å². The fourth-order valence-corrected chi connectivity index (χ4v) is 6.18. The molecule has 2 atom stereocenters. The summed E-state index contributed by atoms with van der Waals surface area (Å²) in [6.07, 6.45) is 3.68. The molecular weight excluding hydrogens is 500 g/mol. The molecule has 0 radical (unpaired) electrons. The fraction of sp³-hybridized carbons (Fsp3) is 0.548. The smallest absolute Gasteiger partial charge is 0.237 e. The first-order valence-corrected chi connectivity index (χ1v) is 14.6. The second kappa shape index (κ2) is 10.8. The Balaban J connectivity index is 1.48. The van der Waals surface area contributed by atoms with E-state index >= 15 is 0 Å². The zero-order valence-electron chi connectivity index (χ0n) is 25.5. The van der Waals surface area contributed by atoms with Crippen LogP contribution in [-0.2, 0) is 4.79 Å². The van der Waals surface area contributed by atoms with Gasteiger partial charge in [0.1, 0.15) is 12.1 Å². The monoisotopic (exact) mass is 544 g/mol. The number of hydrogen-bond acceptors (Lipinski definition) is 6. The van der Waals surface area contributed by atoms with Gasteiger partial charge in [0.2, 0.25) is 5.91 Å². The summed E-state index contributed by atoms with van der Waals surface area (Å²) in [5, 5.41) is 4.41. The van der Waals surface area contributed by atoms with Crippen molar-refractivity contribution in [2.24, 2.45) is 0 Å². The van der Waals surface area contributed by atoms with Gasteiger partial charge in [-0.1, -0.05) is 20.8 Å². The van der Waals surface area contributed by atoms with E-state index in [0.717, 1.165) is 52.4 Å². The predicted octanol–water partition coefficient (Wildman–Crippen LogP) is 5.17. The first-order valence-electron chi connectivity index (χ1n) is 14.6. The van der Waals surface area contributed by atoms with Crippen molar-refractivity contribution in [2.45, 2.75) is 86.4 Å². The lowest BCUT2D eigenvalue weighted by atomic mass is 9.95. The van der Waals surface area contributed by atoms with Crippen molar-refractivity contribution in [1.29, 1.82) is 0 Å². The number of nitrogens with zero attached hydrogens (tertiary/aromatic N) is 7. The zero-order chi connectivity index (χ0) is 28.9. The van der Waals surface area contributed by atoms with Crippen LogP contribution in [0.4, 0.5) is 5.82 Å². The van der Waals surface area contributed by atoms with Gasteiger partial charge < -0.3 is 14.8 Å². The molecular formula is C31H44N8O. The van der Waals surface area contributed by atoms with Crippen LogP contribution >= 0.6 is 0 Å². The van der Waals surface area contributed by atoms with Crippen LogP contribution in [0, 0.1) is 13.8 Å². The molecule has 0 saturated carbocycles. The normalized spacial score (nSPS) is 18.3. The number of rotatable bonds is 7. The number of H-pyrrole nitrogens is 1. The summed E-state index contributed by atoms with van der Waals surface area (Å²) in [6.45, 7) is 22.3. The highest BCUT2D eigenvalue weighted by molar-refractivity contribution is 5.90. The van der Waals surface area contributed by atoms with Crippen molar-refractivity contribution in [2.75, 3.05) is 31.1 Å². The van der Waals surface area contributed by atoms with E-state index < -0.39 is 0 Å². The summed E-state index contributed by atoms with van der Waals surface area (Å²) in [5.74, 6) is 1.44. The lowest BCUT2D eigenvalue weighted by Crippen LogP contribution is -2.60. The molecule has 0 bridgehead atoms. The van der Waals surface area contributed by atoms with Gasteiger partial charge in [-0.05, 0) is 77.3 Å². The Bertz CT molecular complexity index is 1530. The molecule has 40 heavy (non-hydrogen) atoms. The largest absolute Gasteiger partial charge is 0.353 e. The molecule has 9 nitrogen and oxygen atoms in total. The van der Waals surface area contributed by atoms with Crippen LogP contribution in [0.3, 0.4) is 0 Å². The minimum atomic E-state index is 0.110. The van der Waals surface area contributed by atoms with E-state index in [1.165, 1.54) is 11.1 Å². The summed E-state index contributed by atoms with van der Waals surface area (Å²) in [5.41, 5.74) is 8.66. The maximum Gasteiger partial charge on any atom is 0.237 e. The van der Waals surface area contributed by atoms with Crippen LogP contribution in [0.15, 0.2) is 24.7 Å². The zero-order valence-corrected chi connectivity index (χ0v) is 25.5. The van der Waals surface area contributed by atoms with Crippen LogP contribution < -0.4 is 4.90 Å². The Morgan fingerprint density at radius 1 is 1.10 bits per heavy atom. The van der Waals surface area contributed by atoms with Gasteiger partial charge in [0, 0.05) is 48.5 Å². The maximum atomic E-state index is 13.3. The molecule has 0 unspecified atom stereocenters. The molecule has 5 rings (SSSR count). The quantitative estimate of drug-likeness (QED) is 0.346. The van der Waals surface area contributed by atoms with Gasteiger partial charge in [0.25, 0.3) is 0 Å². The number of fused-ring (bicyclic) bond motifs is 2. The molecule has 4 aromatic heterocycles. The third-order valence-corrected chi connectivity index (χ3v) is 8.71. The number of carbonyl (C=O) groups is 1. The third kappa shape index (κ3) is 4.85. The van der Waals surface area contributed by atoms with Crippen LogP contribution in [0.1, 0.15) is 71.1 Å². The van der Waals surface area contributed by atoms with E-state index in [2.05, 4.69) is 110 Å². The maximum absolute atomic E-state index is 13.3. The molecule has 0 spiro atoms. The van der Waals surface area contributed by atoms with Crippen molar-refractivity contribution >= 4 is 28.4 Å². The molecule has 214 valence electrons. The number of carbonyl (C=O) groups excluding carboxylic acids is 1. The predicted molar refractivity (Wildman–Crippen MR) is 162 cm³/mol. The first kappa shape index (κ1) is 28.1. The minimum absolute atomic E-state index is 0.110. The Morgan fingerprint density at radius 3 is 2.52 bits per heavy atom. The molecule has 1 aliphatic heterocycles. The minimum Gasteiger partial charge on any atom is -0.353 e. The van der Waals surface area contributed by atoms with Gasteiger partial charge in [0.05, 0.1) is 23.3 Å². The highest BCUT2D eigenvalue weighted by Gasteiger charge is 2.33. The number of amides is 1. The molecule has 4 aromatic rings. The van der Waals surface area contributed by atoms with Crippen molar-refractivity contribution in [3.63, 3.8) is 0 Å². The highest BCUT2D eigenvalue weighted by atomic mass is 16.2. The molecule has 0 aliphatic carbocycles. The number of aromatic nitrogens is 5. The highest BCUT2D eigenvalue weighted by Crippen LogP contribution is 2.38. The van der Waals surface area contributed by atoms with Gasteiger partial charge >= 0.3 is 0 Å². The van der Waals surface area contributed by atoms with Crippen LogP contribution in [0.25, 0.3) is 27.9 Å². The Kier molecular flexibility index (Phi) is 7.61. The number of nitrogens with one attached hydrogen (secondary N) is 1. The van der Waals surface area contributed by atoms with Gasteiger partial charge in [-0.15, -0.1) is 0 Å². The molecule has 1 N–H and O–H groups in total. The summed E-state index contributed by atoms with van der Waals surface area (Å²) in [6, 6.07) is 4.90. The molecule has 1 amide bonds. The third-order valence-electron chi connectivity index (χ3n) is 8.71. The van der Waals surface area contributed by atoms with E-state index in [9.17, 15) is 4.79 Å². The van der Waals surface area contributed by atoms with E-state index in [0.29, 0.717) is 19.1 Å². The average molecular weight is 545 g/mol. The number of hydrogen-bond donors (Lipinski definition) is 1. The Hall–Kier alpha value is -3.46. The second-order valence-electron chi connectivity index (χ2n) is 12.0. The summed E-state index contributed by atoms with van der Waals surface area (Å²) < 4.78 is 1.86. The molecule has 1 aliphatic rings. The van der Waals surface area contributed by atoms with Gasteiger partial charge in [-0.2, -0.15) is 5.10 Å². The standard InChI is InChI=1S/C31H44N8O/c1-10-36(19(4)5)16-27(40)38-14-20(6)37(13-21(38)7)26-12-11-25-30(35-26)28(18(2)3)29(34-25)24-15-39-31(32-17-33-39)23(9)22(24)8/h11-12,15,17-21,34H,10,13-14,16H2,1-9H3/t20-,21+/m0/s1. The van der Waals surface area contributed by atoms with Gasteiger partial charge in [-0.3, -0.25) is 9.69 Å². The van der Waals surface area contributed by atoms with Crippen LogP contribution in [-0.4, -0.2) is 84.6 Å². The molecule has 1 saturated heterocycles. The van der Waals surface area contributed by atoms with Crippen LogP contribution in [0.2, 0.25) is 0 Å². The average Bonchev–Trinajstić information content (AvgIpc) is 3.54. The van der Waals surface area contributed by atoms with E-state index in [-0.39, 0.29) is 23.9 Å². The lowest BCUT2D eigenvalue weighted by molar-refractivity contribution is -0.135. The second-order valence-corrected chi connectivity index (χ2v) is 12.0. The Labute approximate surface area is 237 Å². The molecule has 9 heteroatoms.